The van der Waals surface area contributed by atoms with Crippen LogP contribution in [0.4, 0.5) is 0 Å². The summed E-state index contributed by atoms with van der Waals surface area (Å²) in [6.07, 6.45) is 0. The van der Waals surface area contributed by atoms with Crippen LogP contribution in [-0.4, -0.2) is 5.48 Å². The van der Waals surface area contributed by atoms with Gasteiger partial charge in [0.1, 0.15) is 0 Å². The van der Waals surface area contributed by atoms with Gasteiger partial charge in [0.15, 0.2) is 0 Å². The minimum Gasteiger partial charge on any atom is -0.521 e. The fourth-order valence-electron chi connectivity index (χ4n) is 0. The molecule has 0 saturated heterocycles. The maximum absolute atomic E-state index is 4.25. The van der Waals surface area contributed by atoms with Gasteiger partial charge in [-0.2, -0.15) is 0 Å². The van der Waals surface area contributed by atoms with Crippen LogP contribution in [0.3, 0.4) is 0 Å². The molecule has 0 unspecified atom stereocenters. The molecule has 0 aliphatic heterocycles. The molecular weight excluding hydrogens is 104 g/mol. The van der Waals surface area contributed by atoms with Gasteiger partial charge < -0.3 is 12.1 Å². The molecule has 0 bridgehead atoms. The third-order valence-electron chi connectivity index (χ3n) is 0. The van der Waals surface area contributed by atoms with Gasteiger partial charge in [0.25, 0.3) is 0 Å². The summed E-state index contributed by atoms with van der Waals surface area (Å²) in [4.78, 5) is 0. The van der Waals surface area contributed by atoms with Crippen molar-refractivity contribution in [2.75, 3.05) is 0 Å². The summed E-state index contributed by atoms with van der Waals surface area (Å²) >= 11 is 0. The van der Waals surface area contributed by atoms with E-state index < -0.39 is 0 Å². The van der Waals surface area contributed by atoms with Crippen LogP contribution in [0, 0.1) is 6.58 Å². The zero-order valence-electron chi connectivity index (χ0n) is 2.09. The fraction of sp³-hybridized carbons (Fsp3) is 0. The Morgan fingerprint density at radius 1 is 1.25 bits per heavy atom. The molecule has 0 aromatic heterocycles. The molecule has 0 radical (unpaired) electrons. The Morgan fingerprint density at radius 2 is 1.25 bits per heavy atom. The topological polar surface area (TPSA) is 31.5 Å². The number of rotatable bonds is 0. The molecule has 0 rings (SSSR count). The summed E-state index contributed by atoms with van der Waals surface area (Å²) in [5.41, 5.74) is 0. The van der Waals surface area contributed by atoms with Crippen molar-refractivity contribution in [2.24, 2.45) is 0 Å². The van der Waals surface area contributed by atoms with Crippen molar-refractivity contribution in [3.8, 4) is 0 Å². The Bertz CT molecular complexity index is 6.00. The van der Waals surface area contributed by atoms with Crippen molar-refractivity contribution >= 4 is 0 Å². The van der Waals surface area contributed by atoms with Gasteiger partial charge in [-0.1, -0.05) is 0 Å². The van der Waals surface area contributed by atoms with Gasteiger partial charge in [-0.15, -0.1) is 0 Å². The molecule has 0 spiro atoms. The van der Waals surface area contributed by atoms with Crippen LogP contribution in [0.15, 0.2) is 6.58 Å². The average Bonchev–Trinajstić information content (AvgIpc) is 1.00. The molecule has 0 aromatic rings. The standard InChI is InChI=1S/C2H3.Cu.H2O/c1-2;;/h1H,2H2;;1H2/q-1;+1;. The second kappa shape index (κ2) is 329. The van der Waals surface area contributed by atoms with Gasteiger partial charge in [-0.3, -0.25) is 6.58 Å². The minimum absolute atomic E-state index is 0. The van der Waals surface area contributed by atoms with Gasteiger partial charge in [0.2, 0.25) is 0 Å². The van der Waals surface area contributed by atoms with E-state index in [2.05, 4.69) is 13.2 Å². The van der Waals surface area contributed by atoms with Crippen molar-refractivity contribution in [3.63, 3.8) is 0 Å². The van der Waals surface area contributed by atoms with Gasteiger partial charge in [0.05, 0.1) is 0 Å². The molecule has 0 aromatic carbocycles. The third-order valence-corrected chi connectivity index (χ3v) is 0. The average molecular weight is 109 g/mol. The summed E-state index contributed by atoms with van der Waals surface area (Å²) < 4.78 is 0. The molecule has 30 valence electrons. The third kappa shape index (κ3) is 68.5. The molecular formula is C2H5CuO. The van der Waals surface area contributed by atoms with Gasteiger partial charge in [0, 0.05) is 0 Å². The first-order valence-corrected chi connectivity index (χ1v) is 0.408. The van der Waals surface area contributed by atoms with E-state index in [1.165, 1.54) is 0 Å². The largest absolute Gasteiger partial charge is 1.00 e. The van der Waals surface area contributed by atoms with Crippen molar-refractivity contribution in [1.29, 1.82) is 0 Å². The molecule has 2 heteroatoms. The van der Waals surface area contributed by atoms with Gasteiger partial charge in [-0.25, -0.2) is 0 Å². The zero-order chi connectivity index (χ0) is 2.00. The molecule has 1 nitrogen and oxygen atoms in total. The first kappa shape index (κ1) is 29.4. The second-order valence-electron chi connectivity index (χ2n) is 0. The second-order valence-corrected chi connectivity index (χ2v) is 0. The Labute approximate surface area is 36.5 Å². The van der Waals surface area contributed by atoms with E-state index in [1.54, 1.807) is 0 Å². The van der Waals surface area contributed by atoms with Crippen molar-refractivity contribution in [2.45, 2.75) is 0 Å². The minimum atomic E-state index is 0. The first-order chi connectivity index (χ1) is 1.00. The van der Waals surface area contributed by atoms with Crippen molar-refractivity contribution in [1.82, 2.24) is 0 Å². The van der Waals surface area contributed by atoms with E-state index in [9.17, 15) is 0 Å². The van der Waals surface area contributed by atoms with E-state index in [1.807, 2.05) is 0 Å². The van der Waals surface area contributed by atoms with Crippen LogP contribution in [0.5, 0.6) is 0 Å². The molecule has 0 amide bonds. The number of hydrogen-bond acceptors (Lipinski definition) is 0. The molecule has 0 aliphatic rings. The summed E-state index contributed by atoms with van der Waals surface area (Å²) in [6, 6.07) is 0. The molecule has 0 heterocycles. The van der Waals surface area contributed by atoms with Crippen LogP contribution in [-0.2, 0) is 17.1 Å². The Balaban J connectivity index is -0.00000000500. The Morgan fingerprint density at radius 3 is 1.25 bits per heavy atom. The van der Waals surface area contributed by atoms with Crippen molar-refractivity contribution < 1.29 is 22.5 Å². The maximum Gasteiger partial charge on any atom is 1.00 e. The molecule has 2 N–H and O–H groups in total. The fourth-order valence-corrected chi connectivity index (χ4v) is 0. The molecule has 0 aliphatic carbocycles. The summed E-state index contributed by atoms with van der Waals surface area (Å²) in [5, 5.41) is 0. The molecule has 0 saturated carbocycles. The molecule has 4 heavy (non-hydrogen) atoms. The predicted octanol–water partition coefficient (Wildman–Crippen LogP) is -0.222. The van der Waals surface area contributed by atoms with Crippen LogP contribution in [0.2, 0.25) is 0 Å². The first-order valence-electron chi connectivity index (χ1n) is 0.408. The van der Waals surface area contributed by atoms with Crippen LogP contribution in [0.25, 0.3) is 0 Å². The van der Waals surface area contributed by atoms with Crippen LogP contribution >= 0.6 is 0 Å². The zero-order valence-corrected chi connectivity index (χ0v) is 3.03. The summed E-state index contributed by atoms with van der Waals surface area (Å²) in [5.74, 6) is 0. The smallest absolute Gasteiger partial charge is 0.521 e. The van der Waals surface area contributed by atoms with Crippen LogP contribution in [0.1, 0.15) is 0 Å². The van der Waals surface area contributed by atoms with Crippen molar-refractivity contribution in [3.05, 3.63) is 13.2 Å². The quantitative estimate of drug-likeness (QED) is 0.304. The normalized spacial score (nSPS) is 1.00. The van der Waals surface area contributed by atoms with E-state index >= 15 is 0 Å². The molecule has 0 fully saturated rings. The van der Waals surface area contributed by atoms with E-state index in [0.29, 0.717) is 0 Å². The summed E-state index contributed by atoms with van der Waals surface area (Å²) in [6.45, 7) is 7.00. The SMILES string of the molecule is O.[CH-]=C.[Cu+]. The number of hydrogen-bond donors (Lipinski definition) is 0. The van der Waals surface area contributed by atoms with E-state index in [4.69, 9.17) is 0 Å². The van der Waals surface area contributed by atoms with E-state index in [-0.39, 0.29) is 22.5 Å². The Hall–Kier alpha value is 0.219. The van der Waals surface area contributed by atoms with Gasteiger partial charge in [-0.05, 0) is 0 Å². The van der Waals surface area contributed by atoms with E-state index in [0.717, 1.165) is 0 Å². The van der Waals surface area contributed by atoms with Gasteiger partial charge >= 0.3 is 17.1 Å². The monoisotopic (exact) mass is 108 g/mol. The molecule has 0 atom stereocenters. The maximum atomic E-state index is 4.25. The summed E-state index contributed by atoms with van der Waals surface area (Å²) in [7, 11) is 0. The predicted molar refractivity (Wildman–Crippen MR) is 13.5 cm³/mol. The Kier molecular flexibility index (Phi) is 2420. The van der Waals surface area contributed by atoms with Crippen LogP contribution < -0.4 is 0 Å².